The Morgan fingerprint density at radius 2 is 1.28 bits per heavy atom. The average molecular weight is 356 g/mol. The molecule has 0 spiro atoms. The zero-order valence-corrected chi connectivity index (χ0v) is 16.9. The van der Waals surface area contributed by atoms with E-state index in [1.54, 1.807) is 14.1 Å². The molecular formula is C20H41N3O2. The number of rotatable bonds is 17. The van der Waals surface area contributed by atoms with Gasteiger partial charge in [-0.25, -0.2) is 0 Å². The van der Waals surface area contributed by atoms with Gasteiger partial charge in [-0.3, -0.25) is 9.59 Å². The summed E-state index contributed by atoms with van der Waals surface area (Å²) in [4.78, 5) is 24.7. The van der Waals surface area contributed by atoms with Crippen LogP contribution in [0.2, 0.25) is 0 Å². The first kappa shape index (κ1) is 23.9. The Morgan fingerprint density at radius 3 is 1.76 bits per heavy atom. The number of likely N-dealkylation sites (N-methyl/N-ethyl adjacent to an activating group) is 2. The first-order valence-electron chi connectivity index (χ1n) is 10.3. The quantitative estimate of drug-likeness (QED) is 0.393. The van der Waals surface area contributed by atoms with E-state index in [1.807, 2.05) is 0 Å². The molecule has 5 heteroatoms. The molecule has 0 saturated carbocycles. The van der Waals surface area contributed by atoms with Gasteiger partial charge in [0.1, 0.15) is 0 Å². The van der Waals surface area contributed by atoms with Crippen molar-refractivity contribution in [3.8, 4) is 0 Å². The number of carbonyl (C=O) groups is 2. The largest absolute Gasteiger partial charge is 0.355 e. The van der Waals surface area contributed by atoms with E-state index in [2.05, 4.69) is 17.6 Å². The van der Waals surface area contributed by atoms with Crippen LogP contribution >= 0.6 is 0 Å². The van der Waals surface area contributed by atoms with Gasteiger partial charge >= 0.3 is 0 Å². The lowest BCUT2D eigenvalue weighted by Gasteiger charge is -2.16. The summed E-state index contributed by atoms with van der Waals surface area (Å²) in [5, 5.41) is 5.69. The Labute approximate surface area is 155 Å². The minimum Gasteiger partial charge on any atom is -0.355 e. The van der Waals surface area contributed by atoms with Crippen molar-refractivity contribution in [2.24, 2.45) is 0 Å². The summed E-state index contributed by atoms with van der Waals surface area (Å²) in [6.07, 6.45) is 15.8. The van der Waals surface area contributed by atoms with Gasteiger partial charge in [0, 0.05) is 13.6 Å². The van der Waals surface area contributed by atoms with Crippen molar-refractivity contribution >= 4 is 11.8 Å². The van der Waals surface area contributed by atoms with Crippen molar-refractivity contribution in [2.45, 2.75) is 84.0 Å². The molecule has 0 atom stereocenters. The van der Waals surface area contributed by atoms with E-state index >= 15 is 0 Å². The molecule has 0 radical (unpaired) electrons. The Bertz CT molecular complexity index is 335. The van der Waals surface area contributed by atoms with E-state index in [1.165, 1.54) is 75.5 Å². The summed E-state index contributed by atoms with van der Waals surface area (Å²) in [5.41, 5.74) is 0. The maximum Gasteiger partial charge on any atom is 0.239 e. The van der Waals surface area contributed by atoms with Crippen LogP contribution < -0.4 is 10.6 Å². The maximum absolute atomic E-state index is 11.7. The Balaban J connectivity index is 3.32. The van der Waals surface area contributed by atoms with Crippen LogP contribution in [0.5, 0.6) is 0 Å². The zero-order valence-electron chi connectivity index (χ0n) is 16.9. The van der Waals surface area contributed by atoms with Crippen molar-refractivity contribution in [3.63, 3.8) is 0 Å². The Kier molecular flexibility index (Phi) is 16.9. The number of nitrogens with zero attached hydrogens (tertiary/aromatic N) is 1. The first-order valence-corrected chi connectivity index (χ1v) is 10.3. The molecule has 0 bridgehead atoms. The maximum atomic E-state index is 11.7. The summed E-state index contributed by atoms with van der Waals surface area (Å²) in [7, 11) is 3.38. The third-order valence-electron chi connectivity index (χ3n) is 4.49. The predicted molar refractivity (Wildman–Crippen MR) is 106 cm³/mol. The molecule has 0 aliphatic carbocycles. The molecule has 0 aromatic heterocycles. The van der Waals surface area contributed by atoms with Crippen LogP contribution in [-0.2, 0) is 9.59 Å². The third kappa shape index (κ3) is 16.1. The van der Waals surface area contributed by atoms with Gasteiger partial charge in [-0.1, -0.05) is 77.6 Å². The van der Waals surface area contributed by atoms with Crippen molar-refractivity contribution in [1.82, 2.24) is 15.5 Å². The SMILES string of the molecule is CCCCCCCCCCCCCCNC(=O)CN(C)C(=O)CNC. The normalized spacial score (nSPS) is 10.7. The number of carbonyl (C=O) groups excluding carboxylic acids is 2. The molecule has 0 unspecified atom stereocenters. The van der Waals surface area contributed by atoms with Crippen LogP contribution in [0, 0.1) is 0 Å². The standard InChI is InChI=1S/C20H41N3O2/c1-4-5-6-7-8-9-10-11-12-13-14-15-16-22-19(24)18-23(3)20(25)17-21-2/h21H,4-18H2,1-3H3,(H,22,24). The van der Waals surface area contributed by atoms with Crippen molar-refractivity contribution in [1.29, 1.82) is 0 Å². The molecule has 25 heavy (non-hydrogen) atoms. The van der Waals surface area contributed by atoms with Gasteiger partial charge in [-0.2, -0.15) is 0 Å². The monoisotopic (exact) mass is 355 g/mol. The van der Waals surface area contributed by atoms with Crippen LogP contribution in [0.3, 0.4) is 0 Å². The summed E-state index contributed by atoms with van der Waals surface area (Å²) < 4.78 is 0. The number of amides is 2. The smallest absolute Gasteiger partial charge is 0.239 e. The minimum absolute atomic E-state index is 0.0667. The predicted octanol–water partition coefficient (Wildman–Crippen LogP) is 3.48. The number of hydrogen-bond donors (Lipinski definition) is 2. The van der Waals surface area contributed by atoms with Crippen LogP contribution in [0.1, 0.15) is 84.0 Å². The Hall–Kier alpha value is -1.10. The van der Waals surface area contributed by atoms with Gasteiger partial charge in [0.05, 0.1) is 13.1 Å². The summed E-state index contributed by atoms with van der Waals surface area (Å²) >= 11 is 0. The minimum atomic E-state index is -0.0740. The second-order valence-corrected chi connectivity index (χ2v) is 7.02. The van der Waals surface area contributed by atoms with Crippen molar-refractivity contribution in [3.05, 3.63) is 0 Å². The van der Waals surface area contributed by atoms with Gasteiger partial charge in [-0.15, -0.1) is 0 Å². The highest BCUT2D eigenvalue weighted by Gasteiger charge is 2.11. The van der Waals surface area contributed by atoms with Gasteiger partial charge in [0.15, 0.2) is 0 Å². The molecule has 148 valence electrons. The second kappa shape index (κ2) is 17.7. The third-order valence-corrected chi connectivity index (χ3v) is 4.49. The lowest BCUT2D eigenvalue weighted by molar-refractivity contribution is -0.133. The van der Waals surface area contributed by atoms with E-state index in [4.69, 9.17) is 0 Å². The highest BCUT2D eigenvalue weighted by atomic mass is 16.2. The fourth-order valence-electron chi connectivity index (χ4n) is 2.84. The zero-order chi connectivity index (χ0) is 18.8. The molecule has 0 fully saturated rings. The molecule has 2 amide bonds. The van der Waals surface area contributed by atoms with Gasteiger partial charge in [0.2, 0.25) is 11.8 Å². The molecular weight excluding hydrogens is 314 g/mol. The molecule has 0 aliphatic rings. The molecule has 5 nitrogen and oxygen atoms in total. The Morgan fingerprint density at radius 1 is 0.800 bits per heavy atom. The molecule has 0 aromatic rings. The molecule has 0 aliphatic heterocycles. The summed E-state index contributed by atoms with van der Waals surface area (Å²) in [6.45, 7) is 3.38. The van der Waals surface area contributed by atoms with Crippen molar-refractivity contribution in [2.75, 3.05) is 33.7 Å². The number of nitrogens with one attached hydrogen (secondary N) is 2. The van der Waals surface area contributed by atoms with Gasteiger partial charge < -0.3 is 15.5 Å². The molecule has 0 saturated heterocycles. The fraction of sp³-hybridized carbons (Fsp3) is 0.900. The van der Waals surface area contributed by atoms with Crippen LogP contribution in [0.15, 0.2) is 0 Å². The van der Waals surface area contributed by atoms with Crippen LogP contribution in [0.4, 0.5) is 0 Å². The number of unbranched alkanes of at least 4 members (excludes halogenated alkanes) is 11. The molecule has 2 N–H and O–H groups in total. The van der Waals surface area contributed by atoms with E-state index < -0.39 is 0 Å². The van der Waals surface area contributed by atoms with Crippen LogP contribution in [0.25, 0.3) is 0 Å². The highest BCUT2D eigenvalue weighted by Crippen LogP contribution is 2.11. The van der Waals surface area contributed by atoms with E-state index in [-0.39, 0.29) is 24.9 Å². The lowest BCUT2D eigenvalue weighted by atomic mass is 10.1. The molecule has 0 heterocycles. The molecule has 0 aromatic carbocycles. The first-order chi connectivity index (χ1) is 12.1. The van der Waals surface area contributed by atoms with Crippen LogP contribution in [-0.4, -0.2) is 50.4 Å². The number of hydrogen-bond acceptors (Lipinski definition) is 3. The summed E-state index contributed by atoms with van der Waals surface area (Å²) in [6, 6.07) is 0. The van der Waals surface area contributed by atoms with Gasteiger partial charge in [0.25, 0.3) is 0 Å². The van der Waals surface area contributed by atoms with Crippen molar-refractivity contribution < 1.29 is 9.59 Å². The van der Waals surface area contributed by atoms with E-state index in [0.29, 0.717) is 6.54 Å². The van der Waals surface area contributed by atoms with Gasteiger partial charge in [-0.05, 0) is 13.5 Å². The second-order valence-electron chi connectivity index (χ2n) is 7.02. The topological polar surface area (TPSA) is 61.4 Å². The lowest BCUT2D eigenvalue weighted by Crippen LogP contribution is -2.41. The van der Waals surface area contributed by atoms with E-state index in [9.17, 15) is 9.59 Å². The van der Waals surface area contributed by atoms with E-state index in [0.717, 1.165) is 6.42 Å². The molecule has 0 rings (SSSR count). The average Bonchev–Trinajstić information content (AvgIpc) is 2.59. The fourth-order valence-corrected chi connectivity index (χ4v) is 2.84. The highest BCUT2D eigenvalue weighted by molar-refractivity contribution is 5.85. The summed E-state index contributed by atoms with van der Waals surface area (Å²) in [5.74, 6) is -0.141.